The van der Waals surface area contributed by atoms with E-state index >= 15 is 0 Å². The summed E-state index contributed by atoms with van der Waals surface area (Å²) in [5.74, 6) is 0. The molecule has 1 N–H and O–H groups in total. The van der Waals surface area contributed by atoms with Crippen LogP contribution < -0.4 is 5.32 Å². The topological polar surface area (TPSA) is 12.0 Å². The first-order valence-electron chi connectivity index (χ1n) is 6.98. The van der Waals surface area contributed by atoms with Crippen LogP contribution in [-0.2, 0) is 0 Å². The van der Waals surface area contributed by atoms with Gasteiger partial charge in [0.2, 0.25) is 0 Å². The molecule has 0 saturated carbocycles. The summed E-state index contributed by atoms with van der Waals surface area (Å²) >= 11 is 1.85. The van der Waals surface area contributed by atoms with Crippen molar-refractivity contribution in [3.63, 3.8) is 0 Å². The van der Waals surface area contributed by atoms with Crippen molar-refractivity contribution in [3.05, 3.63) is 56.8 Å². The van der Waals surface area contributed by atoms with E-state index in [1.165, 1.54) is 27.1 Å². The maximum atomic E-state index is 3.69. The van der Waals surface area contributed by atoms with Crippen LogP contribution in [0.4, 0.5) is 0 Å². The van der Waals surface area contributed by atoms with Crippen molar-refractivity contribution in [2.45, 2.75) is 40.2 Å². The molecule has 1 atom stereocenters. The van der Waals surface area contributed by atoms with Gasteiger partial charge in [0, 0.05) is 4.88 Å². The Morgan fingerprint density at radius 3 is 2.42 bits per heavy atom. The zero-order valence-electron chi connectivity index (χ0n) is 12.3. The van der Waals surface area contributed by atoms with Gasteiger partial charge >= 0.3 is 0 Å². The predicted octanol–water partition coefficient (Wildman–Crippen LogP) is 4.76. The molecule has 0 bridgehead atoms. The third kappa shape index (κ3) is 3.26. The van der Waals surface area contributed by atoms with Gasteiger partial charge in [-0.25, -0.2) is 0 Å². The van der Waals surface area contributed by atoms with E-state index in [1.54, 1.807) is 0 Å². The van der Waals surface area contributed by atoms with Crippen molar-refractivity contribution in [1.82, 2.24) is 5.32 Å². The van der Waals surface area contributed by atoms with Gasteiger partial charge in [-0.3, -0.25) is 0 Å². The molecular formula is C17H23NS. The summed E-state index contributed by atoms with van der Waals surface area (Å²) in [5.41, 5.74) is 5.50. The van der Waals surface area contributed by atoms with Gasteiger partial charge in [0.15, 0.2) is 0 Å². The summed E-state index contributed by atoms with van der Waals surface area (Å²) in [4.78, 5) is 1.44. The van der Waals surface area contributed by atoms with E-state index in [9.17, 15) is 0 Å². The number of hydrogen-bond donors (Lipinski definition) is 1. The molecule has 2 rings (SSSR count). The number of rotatable bonds is 5. The smallest absolute Gasteiger partial charge is 0.0673 e. The van der Waals surface area contributed by atoms with E-state index < -0.39 is 0 Å². The van der Waals surface area contributed by atoms with Gasteiger partial charge in [0.25, 0.3) is 0 Å². The van der Waals surface area contributed by atoms with Crippen LogP contribution in [0.5, 0.6) is 0 Å². The minimum Gasteiger partial charge on any atom is -0.306 e. The lowest BCUT2D eigenvalue weighted by molar-refractivity contribution is 0.603. The van der Waals surface area contributed by atoms with Crippen molar-refractivity contribution in [1.29, 1.82) is 0 Å². The molecule has 0 aliphatic heterocycles. The fraction of sp³-hybridized carbons (Fsp3) is 0.412. The Balaban J connectivity index is 2.37. The van der Waals surface area contributed by atoms with Crippen LogP contribution in [-0.4, -0.2) is 6.54 Å². The zero-order valence-corrected chi connectivity index (χ0v) is 13.1. The Hall–Kier alpha value is -1.12. The normalized spacial score (nSPS) is 12.6. The Morgan fingerprint density at radius 2 is 1.84 bits per heavy atom. The fourth-order valence-electron chi connectivity index (χ4n) is 2.27. The molecule has 19 heavy (non-hydrogen) atoms. The molecule has 0 fully saturated rings. The monoisotopic (exact) mass is 273 g/mol. The predicted molar refractivity (Wildman–Crippen MR) is 85.1 cm³/mol. The second-order valence-corrected chi connectivity index (χ2v) is 6.15. The molecule has 2 heteroatoms. The second-order valence-electron chi connectivity index (χ2n) is 5.20. The van der Waals surface area contributed by atoms with Crippen LogP contribution in [0.25, 0.3) is 0 Å². The first-order chi connectivity index (χ1) is 9.13. The molecule has 0 amide bonds. The number of thiophene rings is 1. The Kier molecular flexibility index (Phi) is 4.78. The molecule has 0 radical (unpaired) electrons. The number of nitrogens with one attached hydrogen (secondary N) is 1. The van der Waals surface area contributed by atoms with Gasteiger partial charge in [-0.1, -0.05) is 25.1 Å². The minimum absolute atomic E-state index is 0.333. The second kappa shape index (κ2) is 6.36. The summed E-state index contributed by atoms with van der Waals surface area (Å²) in [5, 5.41) is 5.87. The summed E-state index contributed by atoms with van der Waals surface area (Å²) < 4.78 is 0. The molecule has 2 aromatic rings. The van der Waals surface area contributed by atoms with Crippen LogP contribution in [0.1, 0.15) is 46.5 Å². The molecule has 102 valence electrons. The fourth-order valence-corrected chi connectivity index (χ4v) is 3.30. The van der Waals surface area contributed by atoms with Crippen molar-refractivity contribution in [2.75, 3.05) is 6.54 Å². The average molecular weight is 273 g/mol. The van der Waals surface area contributed by atoms with Gasteiger partial charge < -0.3 is 5.32 Å². The lowest BCUT2D eigenvalue weighted by Crippen LogP contribution is -2.23. The lowest BCUT2D eigenvalue weighted by Gasteiger charge is -2.20. The van der Waals surface area contributed by atoms with Crippen molar-refractivity contribution < 1.29 is 0 Å². The maximum absolute atomic E-state index is 3.69. The van der Waals surface area contributed by atoms with Gasteiger partial charge in [-0.2, -0.15) is 0 Å². The highest BCUT2D eigenvalue weighted by Gasteiger charge is 2.17. The summed E-state index contributed by atoms with van der Waals surface area (Å²) in [6.07, 6.45) is 1.16. The first-order valence-corrected chi connectivity index (χ1v) is 7.86. The standard InChI is InChI=1S/C17H23NS/c1-5-9-18-16(17-13(3)8-10-19-17)15-7-6-12(2)14(4)11-15/h6-8,10-11,16,18H,5,9H2,1-4H3. The molecular weight excluding hydrogens is 250 g/mol. The summed E-state index contributed by atoms with van der Waals surface area (Å²) in [7, 11) is 0. The number of hydrogen-bond acceptors (Lipinski definition) is 2. The Morgan fingerprint density at radius 1 is 1.05 bits per heavy atom. The average Bonchev–Trinajstić information content (AvgIpc) is 2.80. The Labute approximate surface area is 120 Å². The van der Waals surface area contributed by atoms with Crippen LogP contribution in [0.15, 0.2) is 29.6 Å². The molecule has 1 unspecified atom stereocenters. The van der Waals surface area contributed by atoms with Crippen molar-refractivity contribution >= 4 is 11.3 Å². The molecule has 1 aromatic carbocycles. The minimum atomic E-state index is 0.333. The van der Waals surface area contributed by atoms with Gasteiger partial charge in [0.1, 0.15) is 0 Å². The van der Waals surface area contributed by atoms with E-state index in [0.29, 0.717) is 6.04 Å². The Bertz CT molecular complexity index is 542. The molecule has 1 heterocycles. The van der Waals surface area contributed by atoms with E-state index in [0.717, 1.165) is 13.0 Å². The number of aryl methyl sites for hydroxylation is 3. The lowest BCUT2D eigenvalue weighted by atomic mass is 9.98. The van der Waals surface area contributed by atoms with E-state index in [4.69, 9.17) is 0 Å². The largest absolute Gasteiger partial charge is 0.306 e. The van der Waals surface area contributed by atoms with Crippen LogP contribution in [0, 0.1) is 20.8 Å². The quantitative estimate of drug-likeness (QED) is 0.828. The van der Waals surface area contributed by atoms with Crippen molar-refractivity contribution in [3.8, 4) is 0 Å². The third-order valence-corrected chi connectivity index (χ3v) is 4.71. The molecule has 0 aliphatic carbocycles. The SMILES string of the molecule is CCCNC(c1ccc(C)c(C)c1)c1sccc1C. The van der Waals surface area contributed by atoms with Gasteiger partial charge in [-0.05, 0) is 67.4 Å². The van der Waals surface area contributed by atoms with E-state index in [-0.39, 0.29) is 0 Å². The highest BCUT2D eigenvalue weighted by atomic mass is 32.1. The van der Waals surface area contributed by atoms with Crippen LogP contribution >= 0.6 is 11.3 Å². The highest BCUT2D eigenvalue weighted by molar-refractivity contribution is 7.10. The number of benzene rings is 1. The van der Waals surface area contributed by atoms with Crippen molar-refractivity contribution in [2.24, 2.45) is 0 Å². The van der Waals surface area contributed by atoms with Crippen LogP contribution in [0.2, 0.25) is 0 Å². The molecule has 0 saturated heterocycles. The van der Waals surface area contributed by atoms with Crippen LogP contribution in [0.3, 0.4) is 0 Å². The maximum Gasteiger partial charge on any atom is 0.0673 e. The molecule has 1 aromatic heterocycles. The van der Waals surface area contributed by atoms with E-state index in [2.05, 4.69) is 62.7 Å². The first kappa shape index (κ1) is 14.3. The summed E-state index contributed by atoms with van der Waals surface area (Å²) in [6, 6.07) is 9.35. The third-order valence-electron chi connectivity index (χ3n) is 3.63. The molecule has 0 spiro atoms. The zero-order chi connectivity index (χ0) is 13.8. The summed E-state index contributed by atoms with van der Waals surface area (Å²) in [6.45, 7) is 9.83. The highest BCUT2D eigenvalue weighted by Crippen LogP contribution is 2.30. The van der Waals surface area contributed by atoms with E-state index in [1.807, 2.05) is 11.3 Å². The molecule has 0 aliphatic rings. The van der Waals surface area contributed by atoms with Gasteiger partial charge in [-0.15, -0.1) is 11.3 Å². The molecule has 1 nitrogen and oxygen atoms in total. The van der Waals surface area contributed by atoms with Gasteiger partial charge in [0.05, 0.1) is 6.04 Å².